The van der Waals surface area contributed by atoms with Gasteiger partial charge in [-0.3, -0.25) is 0 Å². The van der Waals surface area contributed by atoms with Gasteiger partial charge in [-0.05, 0) is 12.5 Å². The van der Waals surface area contributed by atoms with Gasteiger partial charge < -0.3 is 0 Å². The molecule has 0 N–H and O–H groups in total. The van der Waals surface area contributed by atoms with Gasteiger partial charge >= 0.3 is 0 Å². The van der Waals surface area contributed by atoms with Crippen molar-refractivity contribution in [2.24, 2.45) is 0 Å². The van der Waals surface area contributed by atoms with Crippen molar-refractivity contribution in [1.82, 2.24) is 0 Å². The fourth-order valence-corrected chi connectivity index (χ4v) is 1.24. The van der Waals surface area contributed by atoms with Gasteiger partial charge in [0.1, 0.15) is 0 Å². The lowest BCUT2D eigenvalue weighted by atomic mass is 10.1. The fraction of sp³-hybridized carbons (Fsp3) is 0.200. The molecule has 0 aliphatic heterocycles. The molecule has 0 aromatic carbocycles. The van der Waals surface area contributed by atoms with Gasteiger partial charge in [0.15, 0.2) is 0 Å². The molecule has 2 heteroatoms. The van der Waals surface area contributed by atoms with E-state index < -0.39 is 0 Å². The highest BCUT2D eigenvalue weighted by molar-refractivity contribution is 8.43. The quantitative estimate of drug-likeness (QED) is 0.479. The summed E-state index contributed by atoms with van der Waals surface area (Å²) in [6.45, 7) is 9.52. The summed E-state index contributed by atoms with van der Waals surface area (Å²) in [6.07, 6.45) is 7.93. The minimum absolute atomic E-state index is 1.01. The van der Waals surface area contributed by atoms with Gasteiger partial charge in [-0.25, -0.2) is 0 Å². The Labute approximate surface area is 81.5 Å². The van der Waals surface area contributed by atoms with Crippen LogP contribution >= 0.6 is 19.8 Å². The van der Waals surface area contributed by atoms with Crippen LogP contribution in [0.5, 0.6) is 0 Å². The van der Waals surface area contributed by atoms with Crippen LogP contribution in [0, 0.1) is 0 Å². The molecule has 0 fully saturated rings. The van der Waals surface area contributed by atoms with E-state index >= 15 is 0 Å². The second-order valence-corrected chi connectivity index (χ2v) is 4.04. The second-order valence-electron chi connectivity index (χ2n) is 2.37. The molecule has 66 valence electrons. The Bertz CT molecular complexity index is 214. The molecule has 0 saturated heterocycles. The molecule has 1 unspecified atom stereocenters. The van der Waals surface area contributed by atoms with Crippen LogP contribution in [0.3, 0.4) is 0 Å². The van der Waals surface area contributed by atoms with Crippen molar-refractivity contribution in [2.75, 3.05) is 5.75 Å². The largest absolute Gasteiger partial charge is 0.137 e. The molecule has 1 atom stereocenters. The number of hydrogen-bond donors (Lipinski definition) is 0. The standard InChI is InChI=1S/C10H15PS/c1-4-6-10(9(2)3)7-5-8-12-11/h4-7H,1-2,8,11H2,3H3/b7-5-,10-6+. The summed E-state index contributed by atoms with van der Waals surface area (Å²) in [5.74, 6) is 1.01. The van der Waals surface area contributed by atoms with E-state index in [9.17, 15) is 0 Å². The Morgan fingerprint density at radius 2 is 2.25 bits per heavy atom. The van der Waals surface area contributed by atoms with Crippen LogP contribution < -0.4 is 0 Å². The van der Waals surface area contributed by atoms with Crippen molar-refractivity contribution in [3.8, 4) is 0 Å². The van der Waals surface area contributed by atoms with Gasteiger partial charge in [-0.15, -0.1) is 11.4 Å². The van der Waals surface area contributed by atoms with Crippen molar-refractivity contribution in [1.29, 1.82) is 0 Å². The third-order valence-corrected chi connectivity index (χ3v) is 2.24. The van der Waals surface area contributed by atoms with Crippen LogP contribution in [-0.4, -0.2) is 5.75 Å². The zero-order valence-electron chi connectivity index (χ0n) is 7.42. The Balaban J connectivity index is 4.23. The topological polar surface area (TPSA) is 0 Å². The van der Waals surface area contributed by atoms with Crippen molar-refractivity contribution in [3.63, 3.8) is 0 Å². The van der Waals surface area contributed by atoms with Crippen molar-refractivity contribution >= 4 is 19.8 Å². The maximum Gasteiger partial charge on any atom is 0.0153 e. The monoisotopic (exact) mass is 198 g/mol. The summed E-state index contributed by atoms with van der Waals surface area (Å²) in [6, 6.07) is 0. The molecule has 0 aliphatic rings. The van der Waals surface area contributed by atoms with E-state index in [-0.39, 0.29) is 0 Å². The normalized spacial score (nSPS) is 12.0. The SMILES string of the molecule is C=C/C=C(\C=C/CSP)C(=C)C. The minimum Gasteiger partial charge on any atom is -0.137 e. The van der Waals surface area contributed by atoms with Gasteiger partial charge in [0.05, 0.1) is 0 Å². The first-order valence-corrected chi connectivity index (χ1v) is 6.15. The number of rotatable bonds is 5. The van der Waals surface area contributed by atoms with E-state index in [1.165, 1.54) is 0 Å². The molecule has 0 nitrogen and oxygen atoms in total. The smallest absolute Gasteiger partial charge is 0.0153 e. The van der Waals surface area contributed by atoms with Crippen molar-refractivity contribution < 1.29 is 0 Å². The van der Waals surface area contributed by atoms with E-state index in [2.05, 4.69) is 33.8 Å². The van der Waals surface area contributed by atoms with Gasteiger partial charge in [-0.2, -0.15) is 0 Å². The predicted molar refractivity (Wildman–Crippen MR) is 64.4 cm³/mol. The first-order chi connectivity index (χ1) is 5.72. The van der Waals surface area contributed by atoms with E-state index in [1.807, 2.05) is 13.0 Å². The molecule has 0 bridgehead atoms. The van der Waals surface area contributed by atoms with E-state index in [1.54, 1.807) is 17.5 Å². The maximum absolute atomic E-state index is 3.87. The van der Waals surface area contributed by atoms with Crippen LogP contribution in [0.2, 0.25) is 0 Å². The predicted octanol–water partition coefficient (Wildman–Crippen LogP) is 3.75. The van der Waals surface area contributed by atoms with Crippen molar-refractivity contribution in [2.45, 2.75) is 6.92 Å². The highest BCUT2D eigenvalue weighted by atomic mass is 32.7. The molecule has 0 radical (unpaired) electrons. The van der Waals surface area contributed by atoms with Crippen LogP contribution in [0.1, 0.15) is 6.92 Å². The molecule has 0 aromatic rings. The summed E-state index contributed by atoms with van der Waals surface area (Å²) in [7, 11) is 2.62. The van der Waals surface area contributed by atoms with Crippen LogP contribution in [0.15, 0.2) is 48.6 Å². The lowest BCUT2D eigenvalue weighted by Crippen LogP contribution is -1.78. The zero-order valence-corrected chi connectivity index (χ0v) is 9.39. The van der Waals surface area contributed by atoms with E-state index in [0.717, 1.165) is 16.9 Å². The molecule has 0 aliphatic carbocycles. The summed E-state index contributed by atoms with van der Waals surface area (Å²) >= 11 is 1.72. The number of hydrogen-bond acceptors (Lipinski definition) is 1. The van der Waals surface area contributed by atoms with Crippen LogP contribution in [0.4, 0.5) is 0 Å². The third kappa shape index (κ3) is 5.40. The van der Waals surface area contributed by atoms with Gasteiger partial charge in [0.2, 0.25) is 0 Å². The third-order valence-electron chi connectivity index (χ3n) is 1.28. The Hall–Kier alpha value is -0.260. The molecule has 0 spiro atoms. The molecule has 0 amide bonds. The average Bonchev–Trinajstić information content (AvgIpc) is 2.03. The van der Waals surface area contributed by atoms with Gasteiger partial charge in [0, 0.05) is 5.75 Å². The second kappa shape index (κ2) is 7.39. The van der Waals surface area contributed by atoms with Crippen LogP contribution in [-0.2, 0) is 0 Å². The van der Waals surface area contributed by atoms with Crippen molar-refractivity contribution in [3.05, 3.63) is 48.6 Å². The first kappa shape index (κ1) is 11.7. The lowest BCUT2D eigenvalue weighted by molar-refractivity contribution is 1.45. The highest BCUT2D eigenvalue weighted by Gasteiger charge is 1.89. The van der Waals surface area contributed by atoms with Gasteiger partial charge in [-0.1, -0.05) is 51.5 Å². The zero-order chi connectivity index (χ0) is 9.40. The fourth-order valence-electron chi connectivity index (χ4n) is 0.698. The van der Waals surface area contributed by atoms with E-state index in [4.69, 9.17) is 0 Å². The first-order valence-electron chi connectivity index (χ1n) is 3.69. The molecule has 0 heterocycles. The lowest BCUT2D eigenvalue weighted by Gasteiger charge is -1.97. The molecular weight excluding hydrogens is 183 g/mol. The Kier molecular flexibility index (Phi) is 7.23. The highest BCUT2D eigenvalue weighted by Crippen LogP contribution is 2.12. The average molecular weight is 198 g/mol. The minimum atomic E-state index is 1.01. The summed E-state index contributed by atoms with van der Waals surface area (Å²) in [5.41, 5.74) is 2.21. The van der Waals surface area contributed by atoms with E-state index in [0.29, 0.717) is 0 Å². The molecular formula is C10H15PS. The molecule has 12 heavy (non-hydrogen) atoms. The summed E-state index contributed by atoms with van der Waals surface area (Å²) in [4.78, 5) is 0. The summed E-state index contributed by atoms with van der Waals surface area (Å²) in [5, 5.41) is 0. The van der Waals surface area contributed by atoms with Crippen LogP contribution in [0.25, 0.3) is 0 Å². The Morgan fingerprint density at radius 3 is 2.67 bits per heavy atom. The molecule has 0 aromatic heterocycles. The number of allylic oxidation sites excluding steroid dienone is 5. The maximum atomic E-state index is 3.87. The molecule has 0 saturated carbocycles. The Morgan fingerprint density at radius 1 is 1.58 bits per heavy atom. The summed E-state index contributed by atoms with van der Waals surface area (Å²) < 4.78 is 0. The van der Waals surface area contributed by atoms with Gasteiger partial charge in [0.25, 0.3) is 0 Å². The molecule has 0 rings (SSSR count).